The average Bonchev–Trinajstić information content (AvgIpc) is 2.61. The van der Waals surface area contributed by atoms with Gasteiger partial charge in [0, 0.05) is 37.2 Å². The number of carbonyl (C=O) groups is 1. The highest BCUT2D eigenvalue weighted by Gasteiger charge is 2.49. The van der Waals surface area contributed by atoms with Gasteiger partial charge in [0.2, 0.25) is 0 Å². The minimum absolute atomic E-state index is 0.149. The molecule has 0 bridgehead atoms. The number of nitrogens with one attached hydrogen (secondary N) is 1. The monoisotopic (exact) mass is 348 g/mol. The molecule has 1 amide bonds. The summed E-state index contributed by atoms with van der Waals surface area (Å²) in [5, 5.41) is 3.75. The fourth-order valence-electron chi connectivity index (χ4n) is 3.99. The minimum atomic E-state index is -0.439. The van der Waals surface area contributed by atoms with Crippen molar-refractivity contribution in [2.75, 3.05) is 19.7 Å². The van der Waals surface area contributed by atoms with Gasteiger partial charge in [-0.15, -0.1) is 0 Å². The van der Waals surface area contributed by atoms with E-state index in [1.54, 1.807) is 23.1 Å². The zero-order chi connectivity index (χ0) is 18.0. The molecule has 25 heavy (non-hydrogen) atoms. The number of halogens is 1. The van der Waals surface area contributed by atoms with Crippen LogP contribution in [-0.4, -0.2) is 48.7 Å². The molecule has 4 nitrogen and oxygen atoms in total. The van der Waals surface area contributed by atoms with Crippen LogP contribution in [0.1, 0.15) is 50.4 Å². The lowest BCUT2D eigenvalue weighted by atomic mass is 9.64. The van der Waals surface area contributed by atoms with Gasteiger partial charge in [-0.3, -0.25) is 4.79 Å². The van der Waals surface area contributed by atoms with Gasteiger partial charge in [-0.25, -0.2) is 4.39 Å². The lowest BCUT2D eigenvalue weighted by Crippen LogP contribution is -2.63. The predicted octanol–water partition coefficient (Wildman–Crippen LogP) is 3.22. The molecule has 3 rings (SSSR count). The van der Waals surface area contributed by atoms with Crippen LogP contribution in [0, 0.1) is 11.2 Å². The molecule has 1 aliphatic carbocycles. The Labute approximate surface area is 149 Å². The Bertz CT molecular complexity index is 611. The molecule has 2 atom stereocenters. The highest BCUT2D eigenvalue weighted by atomic mass is 19.1. The van der Waals surface area contributed by atoms with Gasteiger partial charge >= 0.3 is 0 Å². The highest BCUT2D eigenvalue weighted by molar-refractivity contribution is 5.94. The maximum Gasteiger partial charge on any atom is 0.256 e. The van der Waals surface area contributed by atoms with E-state index < -0.39 is 5.82 Å². The first-order valence-corrected chi connectivity index (χ1v) is 9.35. The number of amides is 1. The molecule has 1 saturated heterocycles. The summed E-state index contributed by atoms with van der Waals surface area (Å²) in [4.78, 5) is 14.3. The summed E-state index contributed by atoms with van der Waals surface area (Å²) in [5.74, 6) is -0.636. The maximum absolute atomic E-state index is 13.8. The molecule has 138 valence electrons. The lowest BCUT2D eigenvalue weighted by molar-refractivity contribution is -0.117. The van der Waals surface area contributed by atoms with E-state index in [-0.39, 0.29) is 16.9 Å². The van der Waals surface area contributed by atoms with E-state index in [9.17, 15) is 9.18 Å². The van der Waals surface area contributed by atoms with Crippen molar-refractivity contribution in [1.82, 2.24) is 10.2 Å². The molecule has 1 N–H and O–H groups in total. The molecule has 5 heteroatoms. The summed E-state index contributed by atoms with van der Waals surface area (Å²) < 4.78 is 19.6. The number of ether oxygens (including phenoxy) is 1. The zero-order valence-corrected chi connectivity index (χ0v) is 15.4. The second-order valence-corrected chi connectivity index (χ2v) is 7.77. The van der Waals surface area contributed by atoms with Crippen LogP contribution in [0.5, 0.6) is 0 Å². The Morgan fingerprint density at radius 2 is 2.00 bits per heavy atom. The van der Waals surface area contributed by atoms with E-state index in [4.69, 9.17) is 4.74 Å². The minimum Gasteiger partial charge on any atom is -0.378 e. The van der Waals surface area contributed by atoms with Crippen LogP contribution in [0.15, 0.2) is 24.3 Å². The third kappa shape index (κ3) is 3.72. The zero-order valence-electron chi connectivity index (χ0n) is 15.4. The molecular formula is C20H29FN2O2. The van der Waals surface area contributed by atoms with Crippen LogP contribution < -0.4 is 5.32 Å². The number of carbonyl (C=O) groups excluding carboxylic acids is 1. The van der Waals surface area contributed by atoms with Crippen molar-refractivity contribution in [1.29, 1.82) is 0 Å². The van der Waals surface area contributed by atoms with Crippen molar-refractivity contribution in [2.24, 2.45) is 5.41 Å². The molecule has 0 unspecified atom stereocenters. The Morgan fingerprint density at radius 1 is 1.32 bits per heavy atom. The summed E-state index contributed by atoms with van der Waals surface area (Å²) in [6.07, 6.45) is 3.20. The Balaban J connectivity index is 1.50. The number of benzene rings is 1. The summed E-state index contributed by atoms with van der Waals surface area (Å²) in [7, 11) is 0. The molecular weight excluding hydrogens is 319 g/mol. The molecule has 2 fully saturated rings. The van der Waals surface area contributed by atoms with Crippen molar-refractivity contribution in [3.8, 4) is 0 Å². The maximum atomic E-state index is 13.8. The molecule has 1 aromatic carbocycles. The Morgan fingerprint density at radius 3 is 2.60 bits per heavy atom. The lowest BCUT2D eigenvalue weighted by Gasteiger charge is -2.53. The predicted molar refractivity (Wildman–Crippen MR) is 96.1 cm³/mol. The van der Waals surface area contributed by atoms with Crippen molar-refractivity contribution in [3.63, 3.8) is 0 Å². The number of nitrogens with zero attached hydrogens (tertiary/aromatic N) is 1. The summed E-state index contributed by atoms with van der Waals surface area (Å²) in [6.45, 7) is 8.66. The standard InChI is InChI=1S/C20H29FN2O2/c1-4-25-18-13-17(20(18,2)3)22-14-9-11-23(12-10-14)19(24)15-7-5-6-8-16(15)21/h5-8,14,17-18,22H,4,9-13H2,1-3H3/t17-,18+/m0/s1. The number of rotatable bonds is 5. The van der Waals surface area contributed by atoms with E-state index in [1.165, 1.54) is 6.07 Å². The van der Waals surface area contributed by atoms with Crippen molar-refractivity contribution in [3.05, 3.63) is 35.6 Å². The third-order valence-electron chi connectivity index (χ3n) is 5.87. The molecule has 1 aromatic rings. The van der Waals surface area contributed by atoms with Crippen LogP contribution >= 0.6 is 0 Å². The van der Waals surface area contributed by atoms with Gasteiger partial charge in [-0.05, 0) is 38.3 Å². The van der Waals surface area contributed by atoms with Gasteiger partial charge in [0.25, 0.3) is 5.91 Å². The quantitative estimate of drug-likeness (QED) is 0.888. The number of piperidine rings is 1. The van der Waals surface area contributed by atoms with Gasteiger partial charge in [0.1, 0.15) is 5.82 Å². The second kappa shape index (κ2) is 7.42. The van der Waals surface area contributed by atoms with Gasteiger partial charge < -0.3 is 15.0 Å². The summed E-state index contributed by atoms with van der Waals surface area (Å²) >= 11 is 0. The molecule has 0 aromatic heterocycles. The van der Waals surface area contributed by atoms with E-state index in [1.807, 2.05) is 6.92 Å². The Kier molecular flexibility index (Phi) is 5.44. The van der Waals surface area contributed by atoms with Crippen LogP contribution in [0.4, 0.5) is 4.39 Å². The topological polar surface area (TPSA) is 41.6 Å². The fraction of sp³-hybridized carbons (Fsp3) is 0.650. The second-order valence-electron chi connectivity index (χ2n) is 7.77. The number of hydrogen-bond donors (Lipinski definition) is 1. The van der Waals surface area contributed by atoms with E-state index in [0.29, 0.717) is 31.3 Å². The molecule has 0 radical (unpaired) electrons. The van der Waals surface area contributed by atoms with Crippen molar-refractivity contribution in [2.45, 2.75) is 58.2 Å². The van der Waals surface area contributed by atoms with Crippen LogP contribution in [0.25, 0.3) is 0 Å². The summed E-state index contributed by atoms with van der Waals surface area (Å²) in [5.41, 5.74) is 0.324. The first kappa shape index (κ1) is 18.3. The van der Waals surface area contributed by atoms with Crippen LogP contribution in [-0.2, 0) is 4.74 Å². The van der Waals surface area contributed by atoms with Gasteiger partial charge in [-0.2, -0.15) is 0 Å². The number of hydrogen-bond acceptors (Lipinski definition) is 3. The molecule has 0 spiro atoms. The van der Waals surface area contributed by atoms with E-state index >= 15 is 0 Å². The van der Waals surface area contributed by atoms with Crippen molar-refractivity contribution < 1.29 is 13.9 Å². The van der Waals surface area contributed by atoms with Gasteiger partial charge in [0.15, 0.2) is 0 Å². The average molecular weight is 348 g/mol. The van der Waals surface area contributed by atoms with Gasteiger partial charge in [0.05, 0.1) is 11.7 Å². The molecule has 1 aliphatic heterocycles. The SMILES string of the molecule is CCO[C@@H]1C[C@H](NC2CCN(C(=O)c3ccccc3F)CC2)C1(C)C. The van der Waals surface area contributed by atoms with Gasteiger partial charge in [-0.1, -0.05) is 26.0 Å². The molecule has 1 saturated carbocycles. The largest absolute Gasteiger partial charge is 0.378 e. The normalized spacial score (nSPS) is 26.3. The van der Waals surface area contributed by atoms with E-state index in [0.717, 1.165) is 25.9 Å². The fourth-order valence-corrected chi connectivity index (χ4v) is 3.99. The first-order chi connectivity index (χ1) is 11.9. The molecule has 1 heterocycles. The van der Waals surface area contributed by atoms with Crippen LogP contribution in [0.3, 0.4) is 0 Å². The van der Waals surface area contributed by atoms with Crippen molar-refractivity contribution >= 4 is 5.91 Å². The van der Waals surface area contributed by atoms with E-state index in [2.05, 4.69) is 19.2 Å². The first-order valence-electron chi connectivity index (χ1n) is 9.35. The van der Waals surface area contributed by atoms with Crippen LogP contribution in [0.2, 0.25) is 0 Å². The Hall–Kier alpha value is -1.46. The summed E-state index contributed by atoms with van der Waals surface area (Å²) in [6, 6.07) is 7.09. The smallest absolute Gasteiger partial charge is 0.256 e. The number of likely N-dealkylation sites (tertiary alicyclic amines) is 1. The molecule has 2 aliphatic rings. The third-order valence-corrected chi connectivity index (χ3v) is 5.87. The highest BCUT2D eigenvalue weighted by Crippen LogP contribution is 2.43.